The van der Waals surface area contributed by atoms with Crippen molar-refractivity contribution in [1.82, 2.24) is 9.88 Å². The van der Waals surface area contributed by atoms with Gasteiger partial charge in [0.1, 0.15) is 0 Å². The minimum atomic E-state index is -3.07. The van der Waals surface area contributed by atoms with Gasteiger partial charge in [-0.3, -0.25) is 4.79 Å². The van der Waals surface area contributed by atoms with Crippen LogP contribution in [0.2, 0.25) is 0 Å². The number of pyridine rings is 1. The van der Waals surface area contributed by atoms with Gasteiger partial charge in [-0.2, -0.15) is 4.39 Å². The summed E-state index contributed by atoms with van der Waals surface area (Å²) in [6.45, 7) is 0. The molecule has 1 aromatic heterocycles. The van der Waals surface area contributed by atoms with Gasteiger partial charge in [-0.15, -0.1) is 0 Å². The van der Waals surface area contributed by atoms with Crippen LogP contribution in [-0.4, -0.2) is 48.8 Å². The van der Waals surface area contributed by atoms with E-state index >= 15 is 0 Å². The van der Waals surface area contributed by atoms with Crippen molar-refractivity contribution >= 4 is 15.7 Å². The number of hydrogen-bond donors (Lipinski definition) is 0. The van der Waals surface area contributed by atoms with E-state index in [1.165, 1.54) is 30.3 Å². The highest BCUT2D eigenvalue weighted by molar-refractivity contribution is 7.91. The van der Waals surface area contributed by atoms with Gasteiger partial charge in [0.2, 0.25) is 5.95 Å². The Labute approximate surface area is 105 Å². The number of sulfone groups is 1. The van der Waals surface area contributed by atoms with Gasteiger partial charge in [0, 0.05) is 19.3 Å². The van der Waals surface area contributed by atoms with Crippen LogP contribution in [0.4, 0.5) is 4.39 Å². The lowest BCUT2D eigenvalue weighted by molar-refractivity contribution is 0.0742. The molecule has 5 nitrogen and oxygen atoms in total. The van der Waals surface area contributed by atoms with Gasteiger partial charge < -0.3 is 4.90 Å². The molecule has 2 heterocycles. The number of halogens is 1. The Bertz CT molecular complexity index is 573. The normalized spacial score (nSPS) is 21.8. The zero-order valence-corrected chi connectivity index (χ0v) is 10.7. The van der Waals surface area contributed by atoms with Crippen LogP contribution >= 0.6 is 0 Å². The largest absolute Gasteiger partial charge is 0.338 e. The summed E-state index contributed by atoms with van der Waals surface area (Å²) in [5, 5.41) is 0. The fraction of sp³-hybridized carbons (Fsp3) is 0.455. The van der Waals surface area contributed by atoms with Gasteiger partial charge in [-0.25, -0.2) is 13.4 Å². The van der Waals surface area contributed by atoms with Crippen molar-refractivity contribution in [1.29, 1.82) is 0 Å². The highest BCUT2D eigenvalue weighted by Crippen LogP contribution is 2.18. The lowest BCUT2D eigenvalue weighted by Crippen LogP contribution is -2.38. The number of aromatic nitrogens is 1. The van der Waals surface area contributed by atoms with Crippen LogP contribution in [0.3, 0.4) is 0 Å². The van der Waals surface area contributed by atoms with Gasteiger partial charge in [0.25, 0.3) is 5.91 Å². The minimum absolute atomic E-state index is 0.0584. The third-order valence-electron chi connectivity index (χ3n) is 3.07. The second kappa shape index (κ2) is 4.64. The molecule has 0 aliphatic carbocycles. The van der Waals surface area contributed by atoms with E-state index in [-0.39, 0.29) is 23.1 Å². The summed E-state index contributed by atoms with van der Waals surface area (Å²) in [6, 6.07) is 2.42. The van der Waals surface area contributed by atoms with Gasteiger partial charge >= 0.3 is 0 Å². The van der Waals surface area contributed by atoms with Crippen LogP contribution in [0.5, 0.6) is 0 Å². The first kappa shape index (κ1) is 12.9. The summed E-state index contributed by atoms with van der Waals surface area (Å²) in [4.78, 5) is 16.7. The fourth-order valence-corrected chi connectivity index (χ4v) is 3.76. The average molecular weight is 272 g/mol. The van der Waals surface area contributed by atoms with Crippen LogP contribution in [0, 0.1) is 5.95 Å². The molecule has 7 heteroatoms. The molecular formula is C11H13FN2O3S. The Morgan fingerprint density at radius 1 is 1.56 bits per heavy atom. The number of carbonyl (C=O) groups excluding carboxylic acids is 1. The molecule has 0 radical (unpaired) electrons. The van der Waals surface area contributed by atoms with Crippen LogP contribution < -0.4 is 0 Å². The topological polar surface area (TPSA) is 67.3 Å². The summed E-state index contributed by atoms with van der Waals surface area (Å²) in [5.74, 6) is -1.36. The molecule has 0 aromatic carbocycles. The number of rotatable bonds is 2. The van der Waals surface area contributed by atoms with Crippen molar-refractivity contribution in [3.05, 3.63) is 29.8 Å². The maximum absolute atomic E-state index is 13.4. The summed E-state index contributed by atoms with van der Waals surface area (Å²) >= 11 is 0. The second-order valence-corrected chi connectivity index (χ2v) is 6.54. The molecule has 0 spiro atoms. The molecule has 1 aliphatic rings. The number of hydrogen-bond acceptors (Lipinski definition) is 4. The first-order chi connectivity index (χ1) is 8.41. The van der Waals surface area contributed by atoms with Crippen molar-refractivity contribution in [2.75, 3.05) is 18.6 Å². The summed E-state index contributed by atoms with van der Waals surface area (Å²) < 4.78 is 36.1. The standard InChI is InChI=1S/C11H13FN2O3S/c1-14(8-4-6-18(16,17)7-8)11(15)9-3-2-5-13-10(9)12/h2-3,5,8H,4,6-7H2,1H3. The summed E-state index contributed by atoms with van der Waals surface area (Å²) in [7, 11) is -1.58. The molecule has 1 amide bonds. The zero-order valence-electron chi connectivity index (χ0n) is 9.84. The molecule has 0 bridgehead atoms. The van der Waals surface area contributed by atoms with E-state index in [4.69, 9.17) is 0 Å². The van der Waals surface area contributed by atoms with E-state index in [2.05, 4.69) is 4.98 Å². The molecule has 1 aliphatic heterocycles. The first-order valence-corrected chi connectivity index (χ1v) is 7.31. The van der Waals surface area contributed by atoms with Crippen LogP contribution in [0.15, 0.2) is 18.3 Å². The molecular weight excluding hydrogens is 259 g/mol. The van der Waals surface area contributed by atoms with Crippen molar-refractivity contribution in [2.45, 2.75) is 12.5 Å². The number of nitrogens with zero attached hydrogens (tertiary/aromatic N) is 2. The Kier molecular flexibility index (Phi) is 3.34. The third kappa shape index (κ3) is 2.50. The quantitative estimate of drug-likeness (QED) is 0.734. The van der Waals surface area contributed by atoms with E-state index in [0.29, 0.717) is 6.42 Å². The van der Waals surface area contributed by atoms with Crippen molar-refractivity contribution in [3.8, 4) is 0 Å². The van der Waals surface area contributed by atoms with E-state index in [1.807, 2.05) is 0 Å². The third-order valence-corrected chi connectivity index (χ3v) is 4.82. The molecule has 1 aromatic rings. The zero-order chi connectivity index (χ0) is 13.3. The highest BCUT2D eigenvalue weighted by Gasteiger charge is 2.33. The molecule has 2 rings (SSSR count). The highest BCUT2D eigenvalue weighted by atomic mass is 32.2. The van der Waals surface area contributed by atoms with Crippen molar-refractivity contribution in [2.24, 2.45) is 0 Å². The Balaban J connectivity index is 2.18. The Hall–Kier alpha value is -1.50. The Morgan fingerprint density at radius 2 is 2.28 bits per heavy atom. The Morgan fingerprint density at radius 3 is 2.83 bits per heavy atom. The maximum atomic E-state index is 13.4. The van der Waals surface area contributed by atoms with Crippen molar-refractivity contribution in [3.63, 3.8) is 0 Å². The van der Waals surface area contributed by atoms with Gasteiger partial charge in [-0.1, -0.05) is 0 Å². The smallest absolute Gasteiger partial charge is 0.258 e. The van der Waals surface area contributed by atoms with Gasteiger partial charge in [0.15, 0.2) is 9.84 Å². The van der Waals surface area contributed by atoms with Crippen LogP contribution in [0.1, 0.15) is 16.8 Å². The molecule has 18 heavy (non-hydrogen) atoms. The molecule has 1 unspecified atom stereocenters. The predicted molar refractivity (Wildman–Crippen MR) is 63.3 cm³/mol. The van der Waals surface area contributed by atoms with Crippen LogP contribution in [0.25, 0.3) is 0 Å². The number of carbonyl (C=O) groups is 1. The molecule has 1 saturated heterocycles. The minimum Gasteiger partial charge on any atom is -0.338 e. The number of amides is 1. The SMILES string of the molecule is CN(C(=O)c1cccnc1F)C1CCS(=O)(=O)C1. The van der Waals surface area contributed by atoms with Crippen molar-refractivity contribution < 1.29 is 17.6 Å². The van der Waals surface area contributed by atoms with E-state index < -0.39 is 21.7 Å². The molecule has 0 N–H and O–H groups in total. The van der Waals surface area contributed by atoms with E-state index in [9.17, 15) is 17.6 Å². The lowest BCUT2D eigenvalue weighted by atomic mass is 10.2. The molecule has 98 valence electrons. The van der Waals surface area contributed by atoms with Gasteiger partial charge in [0.05, 0.1) is 17.1 Å². The van der Waals surface area contributed by atoms with E-state index in [1.54, 1.807) is 0 Å². The van der Waals surface area contributed by atoms with Gasteiger partial charge in [-0.05, 0) is 18.6 Å². The molecule has 0 saturated carbocycles. The summed E-state index contributed by atoms with van der Waals surface area (Å²) in [6.07, 6.45) is 1.65. The maximum Gasteiger partial charge on any atom is 0.258 e. The van der Waals surface area contributed by atoms with Crippen LogP contribution in [-0.2, 0) is 9.84 Å². The lowest BCUT2D eigenvalue weighted by Gasteiger charge is -2.23. The predicted octanol–water partition coefficient (Wildman–Crippen LogP) is 0.480. The monoisotopic (exact) mass is 272 g/mol. The average Bonchev–Trinajstić information content (AvgIpc) is 2.68. The fourth-order valence-electron chi connectivity index (χ4n) is 1.98. The molecule has 1 fully saturated rings. The molecule has 1 atom stereocenters. The second-order valence-electron chi connectivity index (χ2n) is 4.31. The first-order valence-electron chi connectivity index (χ1n) is 5.49. The van der Waals surface area contributed by atoms with E-state index in [0.717, 1.165) is 0 Å². The summed E-state index contributed by atoms with van der Waals surface area (Å²) in [5.41, 5.74) is -0.135.